The number of furan rings is 1. The van der Waals surface area contributed by atoms with Crippen LogP contribution in [0.15, 0.2) is 62.6 Å². The van der Waals surface area contributed by atoms with E-state index in [0.717, 1.165) is 0 Å². The number of aromatic nitrogens is 2. The fraction of sp³-hybridized carbons (Fsp3) is 0.294. The average molecular weight is 374 g/mol. The third-order valence-corrected chi connectivity index (χ3v) is 6.19. The average Bonchev–Trinajstić information content (AvgIpc) is 3.34. The maximum atomic E-state index is 12.6. The molecule has 0 N–H and O–H groups in total. The molecule has 0 spiro atoms. The Hall–Kier alpha value is -2.49. The molecule has 1 saturated heterocycles. The van der Waals surface area contributed by atoms with E-state index in [4.69, 9.17) is 8.94 Å². The summed E-state index contributed by atoms with van der Waals surface area (Å²) in [4.78, 5) is 6.75. The van der Waals surface area contributed by atoms with Crippen molar-refractivity contribution >= 4 is 10.0 Å². The molecule has 1 aliphatic heterocycles. The van der Waals surface area contributed by atoms with Gasteiger partial charge in [0.15, 0.2) is 11.6 Å². The number of sulfonamides is 1. The second-order valence-corrected chi connectivity index (χ2v) is 7.92. The molecule has 9 heteroatoms. The van der Waals surface area contributed by atoms with Crippen LogP contribution in [0.2, 0.25) is 0 Å². The van der Waals surface area contributed by atoms with Crippen molar-refractivity contribution in [3.05, 3.63) is 54.6 Å². The largest absolute Gasteiger partial charge is 0.459 e. The van der Waals surface area contributed by atoms with Gasteiger partial charge < -0.3 is 8.94 Å². The summed E-state index contributed by atoms with van der Waals surface area (Å²) in [5, 5.41) is 3.96. The highest BCUT2D eigenvalue weighted by Gasteiger charge is 2.28. The van der Waals surface area contributed by atoms with Gasteiger partial charge in [-0.15, -0.1) is 0 Å². The molecule has 0 unspecified atom stereocenters. The maximum Gasteiger partial charge on any atom is 0.293 e. The maximum absolute atomic E-state index is 12.6. The molecule has 8 nitrogen and oxygen atoms in total. The highest BCUT2D eigenvalue weighted by molar-refractivity contribution is 7.89. The Bertz CT molecular complexity index is 946. The van der Waals surface area contributed by atoms with Gasteiger partial charge in [0.05, 0.1) is 17.7 Å². The van der Waals surface area contributed by atoms with E-state index in [-0.39, 0.29) is 0 Å². The van der Waals surface area contributed by atoms with E-state index >= 15 is 0 Å². The summed E-state index contributed by atoms with van der Waals surface area (Å²) in [6, 6.07) is 12.0. The predicted octanol–water partition coefficient (Wildman–Crippen LogP) is 1.84. The van der Waals surface area contributed by atoms with Gasteiger partial charge in [0.1, 0.15) is 0 Å². The van der Waals surface area contributed by atoms with Crippen LogP contribution in [0, 0.1) is 0 Å². The third kappa shape index (κ3) is 3.41. The summed E-state index contributed by atoms with van der Waals surface area (Å²) >= 11 is 0. The first-order valence-electron chi connectivity index (χ1n) is 8.27. The van der Waals surface area contributed by atoms with Crippen LogP contribution in [-0.4, -0.2) is 53.9 Å². The zero-order chi connectivity index (χ0) is 18.0. The van der Waals surface area contributed by atoms with E-state index in [0.29, 0.717) is 55.1 Å². The van der Waals surface area contributed by atoms with Gasteiger partial charge in [-0.1, -0.05) is 23.4 Å². The Kier molecular flexibility index (Phi) is 4.58. The van der Waals surface area contributed by atoms with Gasteiger partial charge in [-0.05, 0) is 24.3 Å². The smallest absolute Gasteiger partial charge is 0.293 e. The molecule has 0 atom stereocenters. The Balaban J connectivity index is 1.37. The molecule has 0 aliphatic carbocycles. The van der Waals surface area contributed by atoms with Gasteiger partial charge in [-0.3, -0.25) is 4.90 Å². The van der Waals surface area contributed by atoms with Crippen LogP contribution in [0.5, 0.6) is 0 Å². The molecule has 2 aromatic heterocycles. The van der Waals surface area contributed by atoms with Crippen LogP contribution in [-0.2, 0) is 16.6 Å². The van der Waals surface area contributed by atoms with Crippen LogP contribution < -0.4 is 0 Å². The number of piperazine rings is 1. The minimum atomic E-state index is -3.44. The zero-order valence-electron chi connectivity index (χ0n) is 14.0. The van der Waals surface area contributed by atoms with E-state index in [1.165, 1.54) is 4.31 Å². The van der Waals surface area contributed by atoms with Crippen LogP contribution in [0.25, 0.3) is 11.7 Å². The van der Waals surface area contributed by atoms with E-state index in [1.807, 2.05) is 0 Å². The first kappa shape index (κ1) is 17.0. The first-order valence-corrected chi connectivity index (χ1v) is 9.71. The van der Waals surface area contributed by atoms with E-state index in [9.17, 15) is 8.42 Å². The second kappa shape index (κ2) is 7.02. The summed E-state index contributed by atoms with van der Waals surface area (Å²) in [6.45, 7) is 2.58. The number of benzene rings is 1. The van der Waals surface area contributed by atoms with E-state index in [2.05, 4.69) is 15.0 Å². The summed E-state index contributed by atoms with van der Waals surface area (Å²) in [5.74, 6) is 1.42. The van der Waals surface area contributed by atoms with Crippen LogP contribution >= 0.6 is 0 Å². The van der Waals surface area contributed by atoms with Crippen molar-refractivity contribution in [1.82, 2.24) is 19.3 Å². The van der Waals surface area contributed by atoms with Crippen LogP contribution in [0.4, 0.5) is 0 Å². The van der Waals surface area contributed by atoms with Gasteiger partial charge >= 0.3 is 0 Å². The van der Waals surface area contributed by atoms with Gasteiger partial charge in [0.2, 0.25) is 10.0 Å². The van der Waals surface area contributed by atoms with Crippen molar-refractivity contribution < 1.29 is 17.4 Å². The highest BCUT2D eigenvalue weighted by atomic mass is 32.2. The third-order valence-electron chi connectivity index (χ3n) is 4.28. The summed E-state index contributed by atoms with van der Waals surface area (Å²) in [7, 11) is -3.44. The van der Waals surface area contributed by atoms with Crippen molar-refractivity contribution in [1.29, 1.82) is 0 Å². The highest BCUT2D eigenvalue weighted by Crippen LogP contribution is 2.20. The molecule has 136 valence electrons. The summed E-state index contributed by atoms with van der Waals surface area (Å²) in [6.07, 6.45) is 1.55. The Morgan fingerprint density at radius 1 is 1.00 bits per heavy atom. The van der Waals surface area contributed by atoms with Gasteiger partial charge in [0.25, 0.3) is 5.89 Å². The molecule has 4 rings (SSSR count). The number of hydrogen-bond donors (Lipinski definition) is 0. The Morgan fingerprint density at radius 2 is 1.77 bits per heavy atom. The van der Waals surface area contributed by atoms with Crippen molar-refractivity contribution in [3.63, 3.8) is 0 Å². The fourth-order valence-electron chi connectivity index (χ4n) is 2.89. The molecule has 0 saturated carbocycles. The van der Waals surface area contributed by atoms with Gasteiger partial charge in [-0.25, -0.2) is 8.42 Å². The lowest BCUT2D eigenvalue weighted by atomic mass is 10.3. The lowest BCUT2D eigenvalue weighted by Crippen LogP contribution is -2.48. The van der Waals surface area contributed by atoms with Crippen molar-refractivity contribution in [2.24, 2.45) is 0 Å². The monoisotopic (exact) mass is 374 g/mol. The number of rotatable bonds is 5. The molecule has 3 aromatic rings. The molecule has 0 amide bonds. The van der Waals surface area contributed by atoms with Crippen LogP contribution in [0.3, 0.4) is 0 Å². The normalized spacial score (nSPS) is 16.8. The molecule has 1 aromatic carbocycles. The molecular formula is C17H18N4O4S. The minimum absolute atomic E-state index is 0.328. The molecule has 1 fully saturated rings. The topological polar surface area (TPSA) is 92.7 Å². The Morgan fingerprint density at radius 3 is 2.46 bits per heavy atom. The van der Waals surface area contributed by atoms with Crippen molar-refractivity contribution in [3.8, 4) is 11.7 Å². The van der Waals surface area contributed by atoms with Crippen molar-refractivity contribution in [2.45, 2.75) is 11.4 Å². The lowest BCUT2D eigenvalue weighted by Gasteiger charge is -2.33. The summed E-state index contributed by atoms with van der Waals surface area (Å²) < 4.78 is 37.2. The minimum Gasteiger partial charge on any atom is -0.459 e. The second-order valence-electron chi connectivity index (χ2n) is 5.99. The quantitative estimate of drug-likeness (QED) is 0.673. The molecular weight excluding hydrogens is 356 g/mol. The number of nitrogens with zero attached hydrogens (tertiary/aromatic N) is 4. The first-order chi connectivity index (χ1) is 12.6. The van der Waals surface area contributed by atoms with Crippen molar-refractivity contribution in [2.75, 3.05) is 26.2 Å². The molecule has 0 radical (unpaired) electrons. The standard InChI is InChI=1S/C17H18N4O4S/c22-26(23,14-5-2-1-3-6-14)21-10-8-20(9-11-21)13-16-18-17(25-19-16)15-7-4-12-24-15/h1-7,12H,8-11,13H2. The SMILES string of the molecule is O=S(=O)(c1ccccc1)N1CCN(Cc2noc(-c3ccco3)n2)CC1. The fourth-order valence-corrected chi connectivity index (χ4v) is 4.33. The van der Waals surface area contributed by atoms with Gasteiger partial charge in [-0.2, -0.15) is 9.29 Å². The molecule has 3 heterocycles. The van der Waals surface area contributed by atoms with Gasteiger partial charge in [0, 0.05) is 26.2 Å². The zero-order valence-corrected chi connectivity index (χ0v) is 14.8. The predicted molar refractivity (Wildman–Crippen MR) is 92.5 cm³/mol. The summed E-state index contributed by atoms with van der Waals surface area (Å²) in [5.41, 5.74) is 0. The van der Waals surface area contributed by atoms with Crippen LogP contribution in [0.1, 0.15) is 5.82 Å². The van der Waals surface area contributed by atoms with E-state index in [1.54, 1.807) is 48.7 Å². The Labute approximate surface area is 151 Å². The molecule has 0 bridgehead atoms. The van der Waals surface area contributed by atoms with E-state index < -0.39 is 10.0 Å². The lowest BCUT2D eigenvalue weighted by molar-refractivity contribution is 0.176. The molecule has 26 heavy (non-hydrogen) atoms. The molecule has 1 aliphatic rings. The number of hydrogen-bond acceptors (Lipinski definition) is 7.